The van der Waals surface area contributed by atoms with E-state index in [2.05, 4.69) is 5.16 Å². The van der Waals surface area contributed by atoms with Crippen LogP contribution in [0.4, 0.5) is 0 Å². The number of rotatable bonds is 5. The summed E-state index contributed by atoms with van der Waals surface area (Å²) in [5.41, 5.74) is 1.84. The third kappa shape index (κ3) is 3.78. The van der Waals surface area contributed by atoms with E-state index in [1.807, 2.05) is 30.3 Å². The lowest BCUT2D eigenvalue weighted by molar-refractivity contribution is 0.0464. The van der Waals surface area contributed by atoms with Crippen molar-refractivity contribution in [3.05, 3.63) is 71.9 Å². The Morgan fingerprint density at radius 2 is 1.83 bits per heavy atom. The second kappa shape index (κ2) is 7.23. The molecule has 2 aromatic carbocycles. The minimum Gasteiger partial charge on any atom is -0.455 e. The number of esters is 1. The molecule has 0 amide bonds. The van der Waals surface area contributed by atoms with Gasteiger partial charge < -0.3 is 9.26 Å². The van der Waals surface area contributed by atoms with Crippen LogP contribution in [0.25, 0.3) is 11.3 Å². The van der Waals surface area contributed by atoms with Gasteiger partial charge in [-0.15, -0.1) is 0 Å². The number of benzene rings is 2. The molecule has 0 bridgehead atoms. The van der Waals surface area contributed by atoms with Gasteiger partial charge in [0.05, 0.1) is 5.56 Å². The van der Waals surface area contributed by atoms with E-state index >= 15 is 0 Å². The van der Waals surface area contributed by atoms with Gasteiger partial charge >= 0.3 is 5.97 Å². The number of aromatic nitrogens is 1. The second-order valence-electron chi connectivity index (χ2n) is 5.10. The van der Waals surface area contributed by atoms with Crippen LogP contribution in [0.5, 0.6) is 0 Å². The predicted molar refractivity (Wildman–Crippen MR) is 89.8 cm³/mol. The van der Waals surface area contributed by atoms with Crippen LogP contribution >= 0.6 is 0 Å². The summed E-state index contributed by atoms with van der Waals surface area (Å²) in [6, 6.07) is 17.8. The Morgan fingerprint density at radius 3 is 2.50 bits per heavy atom. The molecular weight excluding hydrogens is 326 g/mol. The lowest BCUT2D eigenvalue weighted by atomic mass is 10.2. The van der Waals surface area contributed by atoms with Crippen LogP contribution < -0.4 is 0 Å². The highest BCUT2D eigenvalue weighted by molar-refractivity contribution is 7.84. The number of carbonyl (C=O) groups excluding carboxylic acids is 1. The molecule has 0 N–H and O–H groups in total. The lowest BCUT2D eigenvalue weighted by Crippen LogP contribution is -2.05. The summed E-state index contributed by atoms with van der Waals surface area (Å²) in [5, 5.41) is 3.90. The normalized spacial score (nSPS) is 11.9. The van der Waals surface area contributed by atoms with Crippen molar-refractivity contribution in [2.75, 3.05) is 6.26 Å². The van der Waals surface area contributed by atoms with Gasteiger partial charge in [-0.2, -0.15) is 0 Å². The van der Waals surface area contributed by atoms with Crippen molar-refractivity contribution in [2.24, 2.45) is 0 Å². The summed E-state index contributed by atoms with van der Waals surface area (Å²) in [6.45, 7) is 0.0244. The van der Waals surface area contributed by atoms with E-state index in [4.69, 9.17) is 9.26 Å². The number of nitrogens with zero attached hydrogens (tertiary/aromatic N) is 1. The fraction of sp³-hybridized carbons (Fsp3) is 0.111. The smallest absolute Gasteiger partial charge is 0.338 e. The SMILES string of the molecule is C[S@](=O)c1ccc(C(=O)OCc2cc(-c3ccccc3)on2)cc1. The van der Waals surface area contributed by atoms with Crippen molar-refractivity contribution >= 4 is 16.8 Å². The summed E-state index contributed by atoms with van der Waals surface area (Å²) in [4.78, 5) is 12.7. The largest absolute Gasteiger partial charge is 0.455 e. The van der Waals surface area contributed by atoms with Gasteiger partial charge in [-0.05, 0) is 24.3 Å². The standard InChI is InChI=1S/C18H15NO4S/c1-24(21)16-9-7-14(8-10-16)18(20)22-12-15-11-17(23-19-15)13-5-3-2-4-6-13/h2-11H,12H2,1H3/t24-/m0/s1. The molecule has 5 nitrogen and oxygen atoms in total. The molecule has 3 rings (SSSR count). The molecule has 3 aromatic rings. The molecule has 0 aliphatic heterocycles. The lowest BCUT2D eigenvalue weighted by Gasteiger charge is -2.03. The summed E-state index contributed by atoms with van der Waals surface area (Å²) in [7, 11) is -1.07. The van der Waals surface area contributed by atoms with Crippen molar-refractivity contribution in [3.63, 3.8) is 0 Å². The van der Waals surface area contributed by atoms with Gasteiger partial charge in [0.1, 0.15) is 12.3 Å². The molecule has 0 aliphatic rings. The quantitative estimate of drug-likeness (QED) is 0.665. The first-order valence-electron chi connectivity index (χ1n) is 7.25. The molecule has 24 heavy (non-hydrogen) atoms. The Labute approximate surface area is 141 Å². The maximum Gasteiger partial charge on any atom is 0.338 e. The van der Waals surface area contributed by atoms with Crippen LogP contribution in [-0.4, -0.2) is 21.6 Å². The first kappa shape index (κ1) is 16.1. The Hall–Kier alpha value is -2.73. The van der Waals surface area contributed by atoms with Gasteiger partial charge in [0.25, 0.3) is 0 Å². The van der Waals surface area contributed by atoms with E-state index in [9.17, 15) is 9.00 Å². The first-order chi connectivity index (χ1) is 11.6. The Kier molecular flexibility index (Phi) is 4.86. The van der Waals surface area contributed by atoms with Crippen molar-refractivity contribution in [2.45, 2.75) is 11.5 Å². The molecule has 1 atom stereocenters. The molecule has 6 heteroatoms. The van der Waals surface area contributed by atoms with Crippen molar-refractivity contribution in [3.8, 4) is 11.3 Å². The van der Waals surface area contributed by atoms with Crippen LogP contribution in [0.1, 0.15) is 16.1 Å². The van der Waals surface area contributed by atoms with Gasteiger partial charge in [-0.3, -0.25) is 4.21 Å². The number of carbonyl (C=O) groups is 1. The average molecular weight is 341 g/mol. The average Bonchev–Trinajstić information content (AvgIpc) is 3.09. The van der Waals surface area contributed by atoms with Gasteiger partial charge in [-0.1, -0.05) is 35.5 Å². The van der Waals surface area contributed by atoms with E-state index in [0.717, 1.165) is 5.56 Å². The topological polar surface area (TPSA) is 69.4 Å². The van der Waals surface area contributed by atoms with Gasteiger partial charge in [0, 0.05) is 33.6 Å². The molecule has 0 saturated heterocycles. The molecule has 122 valence electrons. The third-order valence-corrected chi connectivity index (χ3v) is 4.33. The summed E-state index contributed by atoms with van der Waals surface area (Å²) < 4.78 is 21.8. The van der Waals surface area contributed by atoms with E-state index in [1.165, 1.54) is 0 Å². The molecule has 0 radical (unpaired) electrons. The van der Waals surface area contributed by atoms with Crippen LogP contribution in [0, 0.1) is 0 Å². The minimum atomic E-state index is -1.07. The minimum absolute atomic E-state index is 0.0244. The van der Waals surface area contributed by atoms with E-state index < -0.39 is 16.8 Å². The van der Waals surface area contributed by atoms with E-state index in [1.54, 1.807) is 36.6 Å². The second-order valence-corrected chi connectivity index (χ2v) is 6.48. The molecule has 0 fully saturated rings. The Bertz CT molecular complexity index is 856. The van der Waals surface area contributed by atoms with E-state index in [0.29, 0.717) is 21.9 Å². The maximum atomic E-state index is 12.0. The molecule has 0 spiro atoms. The number of hydrogen-bond donors (Lipinski definition) is 0. The van der Waals surface area contributed by atoms with E-state index in [-0.39, 0.29) is 6.61 Å². The summed E-state index contributed by atoms with van der Waals surface area (Å²) in [6.07, 6.45) is 1.59. The number of ether oxygens (including phenoxy) is 1. The fourth-order valence-corrected chi connectivity index (χ4v) is 2.64. The predicted octanol–water partition coefficient (Wildman–Crippen LogP) is 3.44. The molecular formula is C18H15NO4S. The zero-order chi connectivity index (χ0) is 16.9. The summed E-state index contributed by atoms with van der Waals surface area (Å²) >= 11 is 0. The summed E-state index contributed by atoms with van der Waals surface area (Å²) in [5.74, 6) is 0.157. The monoisotopic (exact) mass is 341 g/mol. The van der Waals surface area contributed by atoms with Crippen LogP contribution in [0.2, 0.25) is 0 Å². The zero-order valence-electron chi connectivity index (χ0n) is 13.0. The highest BCUT2D eigenvalue weighted by Crippen LogP contribution is 2.20. The molecule has 0 aliphatic carbocycles. The molecule has 1 aromatic heterocycles. The maximum absolute atomic E-state index is 12.0. The Morgan fingerprint density at radius 1 is 1.12 bits per heavy atom. The molecule has 0 saturated carbocycles. The van der Waals surface area contributed by atoms with Crippen molar-refractivity contribution < 1.29 is 18.3 Å². The van der Waals surface area contributed by atoms with Crippen molar-refractivity contribution in [1.82, 2.24) is 5.16 Å². The van der Waals surface area contributed by atoms with Gasteiger partial charge in [0.15, 0.2) is 5.76 Å². The molecule has 1 heterocycles. The number of hydrogen-bond acceptors (Lipinski definition) is 5. The molecule has 0 unspecified atom stereocenters. The van der Waals surface area contributed by atoms with Crippen LogP contribution in [-0.2, 0) is 22.1 Å². The fourth-order valence-electron chi connectivity index (χ4n) is 2.12. The highest BCUT2D eigenvalue weighted by atomic mass is 32.2. The van der Waals surface area contributed by atoms with Crippen LogP contribution in [0.15, 0.2) is 70.1 Å². The van der Waals surface area contributed by atoms with Gasteiger partial charge in [0.2, 0.25) is 0 Å². The van der Waals surface area contributed by atoms with Crippen LogP contribution in [0.3, 0.4) is 0 Å². The highest BCUT2D eigenvalue weighted by Gasteiger charge is 2.11. The Balaban J connectivity index is 1.62. The van der Waals surface area contributed by atoms with Gasteiger partial charge in [-0.25, -0.2) is 4.79 Å². The van der Waals surface area contributed by atoms with Crippen molar-refractivity contribution in [1.29, 1.82) is 0 Å². The first-order valence-corrected chi connectivity index (χ1v) is 8.81. The third-order valence-electron chi connectivity index (χ3n) is 3.39. The zero-order valence-corrected chi connectivity index (χ0v) is 13.8.